The highest BCUT2D eigenvalue weighted by Crippen LogP contribution is 2.72. The fraction of sp³-hybridized carbons (Fsp3) is 0.962. The zero-order valence-corrected chi connectivity index (χ0v) is 19.2. The molecule has 2 N–H and O–H groups in total. The lowest BCUT2D eigenvalue weighted by Crippen LogP contribution is -2.54. The Bertz CT molecular complexity index is 617. The molecule has 4 saturated carbocycles. The van der Waals surface area contributed by atoms with E-state index in [-0.39, 0.29) is 11.3 Å². The first kappa shape index (κ1) is 21.8. The van der Waals surface area contributed by atoms with Crippen molar-refractivity contribution in [3.05, 3.63) is 0 Å². The molecule has 4 rings (SSSR count). The number of aliphatic hydroxyl groups is 2. The van der Waals surface area contributed by atoms with E-state index >= 15 is 0 Å². The molecular formula is C26H44O3. The van der Waals surface area contributed by atoms with Crippen molar-refractivity contribution >= 4 is 6.29 Å². The minimum atomic E-state index is -1.01. The molecule has 0 saturated heterocycles. The van der Waals surface area contributed by atoms with E-state index in [0.29, 0.717) is 29.6 Å². The van der Waals surface area contributed by atoms with Crippen LogP contribution in [0.25, 0.3) is 0 Å². The molecule has 3 heteroatoms. The molecule has 0 aromatic rings. The van der Waals surface area contributed by atoms with Crippen molar-refractivity contribution in [2.45, 2.75) is 110 Å². The Balaban J connectivity index is 1.56. The van der Waals surface area contributed by atoms with Gasteiger partial charge < -0.3 is 15.0 Å². The number of rotatable bonds is 6. The SMILES string of the molecule is CC(C)CCCC[C@H]1CCC2C3C(CC[C@@]21C)C1(C)CCC(O)C[C@@]1(O)[C@@H]3C=O. The zero-order chi connectivity index (χ0) is 21.0. The van der Waals surface area contributed by atoms with Crippen molar-refractivity contribution in [3.63, 3.8) is 0 Å². The predicted octanol–water partition coefficient (Wildman–Crippen LogP) is 5.37. The van der Waals surface area contributed by atoms with Crippen molar-refractivity contribution < 1.29 is 15.0 Å². The summed E-state index contributed by atoms with van der Waals surface area (Å²) in [6, 6.07) is 0. The van der Waals surface area contributed by atoms with E-state index in [2.05, 4.69) is 27.7 Å². The van der Waals surface area contributed by atoms with Gasteiger partial charge in [0.15, 0.2) is 0 Å². The van der Waals surface area contributed by atoms with E-state index in [4.69, 9.17) is 0 Å². The van der Waals surface area contributed by atoms with Crippen LogP contribution in [0.15, 0.2) is 0 Å². The normalized spacial score (nSPS) is 51.6. The second-order valence-corrected chi connectivity index (χ2v) is 12.2. The van der Waals surface area contributed by atoms with Crippen LogP contribution in [0.3, 0.4) is 0 Å². The minimum Gasteiger partial charge on any atom is -0.393 e. The molecular weight excluding hydrogens is 360 g/mol. The van der Waals surface area contributed by atoms with Crippen molar-refractivity contribution in [2.24, 2.45) is 46.3 Å². The molecule has 5 unspecified atom stereocenters. The number of hydrogen-bond acceptors (Lipinski definition) is 3. The third kappa shape index (κ3) is 3.16. The highest BCUT2D eigenvalue weighted by atomic mass is 16.3. The number of aliphatic hydroxyl groups excluding tert-OH is 1. The van der Waals surface area contributed by atoms with Gasteiger partial charge in [-0.2, -0.15) is 0 Å². The summed E-state index contributed by atoms with van der Waals surface area (Å²) in [5.41, 5.74) is -0.888. The topological polar surface area (TPSA) is 57.5 Å². The Labute approximate surface area is 178 Å². The minimum absolute atomic E-state index is 0.209. The largest absolute Gasteiger partial charge is 0.393 e. The molecule has 9 atom stereocenters. The monoisotopic (exact) mass is 404 g/mol. The molecule has 0 heterocycles. The molecule has 0 spiro atoms. The Morgan fingerprint density at radius 2 is 1.79 bits per heavy atom. The maximum Gasteiger partial charge on any atom is 0.126 e. The summed E-state index contributed by atoms with van der Waals surface area (Å²) in [6.07, 6.45) is 12.9. The number of carbonyl (C=O) groups excluding carboxylic acids is 1. The van der Waals surface area contributed by atoms with Crippen molar-refractivity contribution in [2.75, 3.05) is 0 Å². The molecule has 166 valence electrons. The van der Waals surface area contributed by atoms with Crippen LogP contribution in [-0.4, -0.2) is 28.2 Å². The van der Waals surface area contributed by atoms with Crippen LogP contribution < -0.4 is 0 Å². The van der Waals surface area contributed by atoms with E-state index in [1.165, 1.54) is 44.9 Å². The van der Waals surface area contributed by atoms with Gasteiger partial charge in [0.1, 0.15) is 6.29 Å². The predicted molar refractivity (Wildman–Crippen MR) is 116 cm³/mol. The first-order valence-corrected chi connectivity index (χ1v) is 12.5. The van der Waals surface area contributed by atoms with E-state index in [1.807, 2.05) is 0 Å². The van der Waals surface area contributed by atoms with Crippen LogP contribution in [0.5, 0.6) is 0 Å². The Hall–Kier alpha value is -0.410. The lowest BCUT2D eigenvalue weighted by molar-refractivity contribution is -0.156. The zero-order valence-electron chi connectivity index (χ0n) is 19.2. The summed E-state index contributed by atoms with van der Waals surface area (Å²) >= 11 is 0. The van der Waals surface area contributed by atoms with Crippen LogP contribution in [0, 0.1) is 46.3 Å². The van der Waals surface area contributed by atoms with E-state index in [9.17, 15) is 15.0 Å². The molecule has 0 aromatic carbocycles. The number of carbonyl (C=O) groups is 1. The van der Waals surface area contributed by atoms with Gasteiger partial charge in [-0.15, -0.1) is 0 Å². The maximum atomic E-state index is 12.4. The summed E-state index contributed by atoms with van der Waals surface area (Å²) in [7, 11) is 0. The first-order chi connectivity index (χ1) is 13.7. The molecule has 29 heavy (non-hydrogen) atoms. The van der Waals surface area contributed by atoms with Gasteiger partial charge in [-0.3, -0.25) is 0 Å². The average Bonchev–Trinajstić information content (AvgIpc) is 3.08. The molecule has 4 fully saturated rings. The molecule has 0 aliphatic heterocycles. The summed E-state index contributed by atoms with van der Waals surface area (Å²) in [5.74, 6) is 2.60. The summed E-state index contributed by atoms with van der Waals surface area (Å²) in [4.78, 5) is 12.4. The third-order valence-electron chi connectivity index (χ3n) is 10.6. The smallest absolute Gasteiger partial charge is 0.126 e. The van der Waals surface area contributed by atoms with Gasteiger partial charge in [-0.25, -0.2) is 0 Å². The van der Waals surface area contributed by atoms with Gasteiger partial charge in [0.05, 0.1) is 11.7 Å². The molecule has 0 amide bonds. The van der Waals surface area contributed by atoms with Gasteiger partial charge in [-0.1, -0.05) is 47.0 Å². The van der Waals surface area contributed by atoms with E-state index in [0.717, 1.165) is 37.4 Å². The Kier molecular flexibility index (Phi) is 5.73. The molecule has 0 bridgehead atoms. The molecule has 3 nitrogen and oxygen atoms in total. The number of fused-ring (bicyclic) bond motifs is 5. The van der Waals surface area contributed by atoms with Crippen LogP contribution >= 0.6 is 0 Å². The summed E-state index contributed by atoms with van der Waals surface area (Å²) in [5, 5.41) is 22.2. The highest BCUT2D eigenvalue weighted by molar-refractivity contribution is 5.59. The maximum absolute atomic E-state index is 12.4. The lowest BCUT2D eigenvalue weighted by Gasteiger charge is -2.52. The van der Waals surface area contributed by atoms with Gasteiger partial charge in [0.25, 0.3) is 0 Å². The Morgan fingerprint density at radius 1 is 1.03 bits per heavy atom. The lowest BCUT2D eigenvalue weighted by atomic mass is 9.54. The third-order valence-corrected chi connectivity index (χ3v) is 10.6. The number of unbranched alkanes of at least 4 members (excludes halogenated alkanes) is 1. The summed E-state index contributed by atoms with van der Waals surface area (Å²) < 4.78 is 0. The Morgan fingerprint density at radius 3 is 2.48 bits per heavy atom. The molecule has 0 aromatic heterocycles. The van der Waals surface area contributed by atoms with E-state index in [1.54, 1.807) is 0 Å². The van der Waals surface area contributed by atoms with Crippen molar-refractivity contribution in [1.82, 2.24) is 0 Å². The quantitative estimate of drug-likeness (QED) is 0.462. The van der Waals surface area contributed by atoms with Crippen molar-refractivity contribution in [3.8, 4) is 0 Å². The fourth-order valence-corrected chi connectivity index (χ4v) is 8.89. The fourth-order valence-electron chi connectivity index (χ4n) is 8.89. The number of hydrogen-bond donors (Lipinski definition) is 2. The van der Waals surface area contributed by atoms with Crippen LogP contribution in [-0.2, 0) is 4.79 Å². The average molecular weight is 405 g/mol. The number of aldehydes is 1. The second-order valence-electron chi connectivity index (χ2n) is 12.2. The molecule has 4 aliphatic carbocycles. The van der Waals surface area contributed by atoms with Gasteiger partial charge in [-0.05, 0) is 80.0 Å². The van der Waals surface area contributed by atoms with Gasteiger partial charge in [0, 0.05) is 17.8 Å². The standard InChI is InChI=1S/C26H44O3/c1-17(2)7-5-6-8-18-9-10-20-23-21(12-13-24(18,20)3)25(4)14-11-19(28)15-26(25,29)22(23)16-27/h16-23,28-29H,5-15H2,1-4H3/t18-,19?,20?,21?,22+,23?,24+,25?,26+/m0/s1. The van der Waals surface area contributed by atoms with Crippen LogP contribution in [0.2, 0.25) is 0 Å². The van der Waals surface area contributed by atoms with Crippen LogP contribution in [0.4, 0.5) is 0 Å². The second kappa shape index (κ2) is 7.62. The first-order valence-electron chi connectivity index (χ1n) is 12.5. The van der Waals surface area contributed by atoms with Gasteiger partial charge >= 0.3 is 0 Å². The van der Waals surface area contributed by atoms with E-state index < -0.39 is 11.7 Å². The van der Waals surface area contributed by atoms with Crippen LogP contribution in [0.1, 0.15) is 98.3 Å². The summed E-state index contributed by atoms with van der Waals surface area (Å²) in [6.45, 7) is 9.38. The molecule has 0 radical (unpaired) electrons. The van der Waals surface area contributed by atoms with Gasteiger partial charge in [0.2, 0.25) is 0 Å². The molecule has 4 aliphatic rings. The highest BCUT2D eigenvalue weighted by Gasteiger charge is 2.71. The van der Waals surface area contributed by atoms with Crippen molar-refractivity contribution in [1.29, 1.82) is 0 Å².